The third-order valence-corrected chi connectivity index (χ3v) is 2.67. The van der Waals surface area contributed by atoms with E-state index in [1.807, 2.05) is 6.92 Å². The van der Waals surface area contributed by atoms with Crippen molar-refractivity contribution in [3.63, 3.8) is 0 Å². The largest absolute Gasteiger partial charge is 0.494 e. The summed E-state index contributed by atoms with van der Waals surface area (Å²) in [5.74, 6) is 0.0745. The zero-order valence-corrected chi connectivity index (χ0v) is 10.1. The van der Waals surface area contributed by atoms with Crippen LogP contribution in [0.25, 0.3) is 0 Å². The number of carbonyl (C=O) groups excluding carboxylic acids is 2. The third kappa shape index (κ3) is 2.80. The zero-order valence-electron chi connectivity index (χ0n) is 10.1. The van der Waals surface area contributed by atoms with E-state index >= 15 is 0 Å². The first-order valence-corrected chi connectivity index (χ1v) is 5.91. The Labute approximate surface area is 105 Å². The second-order valence-corrected chi connectivity index (χ2v) is 3.94. The van der Waals surface area contributed by atoms with Gasteiger partial charge in [0.15, 0.2) is 0 Å². The van der Waals surface area contributed by atoms with Crippen LogP contribution in [0.1, 0.15) is 23.7 Å². The molecule has 0 spiro atoms. The van der Waals surface area contributed by atoms with Crippen LogP contribution in [0.2, 0.25) is 0 Å². The predicted molar refractivity (Wildman–Crippen MR) is 64.4 cm³/mol. The van der Waals surface area contributed by atoms with Gasteiger partial charge in [0.2, 0.25) is 0 Å². The Morgan fingerprint density at radius 2 is 2.17 bits per heavy atom. The molecular weight excluding hydrogens is 234 g/mol. The van der Waals surface area contributed by atoms with Gasteiger partial charge in [-0.3, -0.25) is 4.79 Å². The maximum Gasteiger partial charge on any atom is 0.328 e. The molecule has 1 aromatic rings. The zero-order chi connectivity index (χ0) is 13.0. The molecule has 1 heterocycles. The Morgan fingerprint density at radius 1 is 1.44 bits per heavy atom. The van der Waals surface area contributed by atoms with Crippen molar-refractivity contribution >= 4 is 11.9 Å². The van der Waals surface area contributed by atoms with Crippen LogP contribution in [0.5, 0.6) is 5.75 Å². The number of nitrogens with one attached hydrogen (secondary N) is 1. The number of rotatable bonds is 4. The Kier molecular flexibility index (Phi) is 3.82. The van der Waals surface area contributed by atoms with Crippen molar-refractivity contribution in [2.75, 3.05) is 13.2 Å². The van der Waals surface area contributed by atoms with Crippen molar-refractivity contribution in [3.05, 3.63) is 29.8 Å². The minimum absolute atomic E-state index is 0.276. The van der Waals surface area contributed by atoms with Gasteiger partial charge in [0.25, 0.3) is 5.91 Å². The van der Waals surface area contributed by atoms with Crippen LogP contribution in [-0.4, -0.2) is 31.1 Å². The molecule has 0 unspecified atom stereocenters. The van der Waals surface area contributed by atoms with E-state index < -0.39 is 6.04 Å². The molecule has 0 radical (unpaired) electrons. The van der Waals surface area contributed by atoms with Crippen molar-refractivity contribution in [2.24, 2.45) is 0 Å². The molecule has 0 aliphatic carbocycles. The third-order valence-electron chi connectivity index (χ3n) is 2.67. The van der Waals surface area contributed by atoms with Crippen LogP contribution in [-0.2, 0) is 9.53 Å². The van der Waals surface area contributed by atoms with Gasteiger partial charge in [-0.05, 0) is 31.2 Å². The molecule has 2 rings (SSSR count). The van der Waals surface area contributed by atoms with Gasteiger partial charge in [0.1, 0.15) is 11.8 Å². The Morgan fingerprint density at radius 3 is 2.72 bits per heavy atom. The number of amides is 1. The Balaban J connectivity index is 1.98. The molecule has 0 aromatic heterocycles. The fourth-order valence-electron chi connectivity index (χ4n) is 1.74. The standard InChI is InChI=1S/C13H15NO4/c1-2-17-10-5-3-9(4-6-10)12(15)14-11-7-8-18-13(11)16/h3-6,11H,2,7-8H2,1H3,(H,14,15)/t11-/m1/s1. The van der Waals surface area contributed by atoms with E-state index in [0.717, 1.165) is 0 Å². The molecule has 1 amide bonds. The van der Waals surface area contributed by atoms with E-state index in [2.05, 4.69) is 5.32 Å². The highest BCUT2D eigenvalue weighted by molar-refractivity contribution is 5.97. The fourth-order valence-corrected chi connectivity index (χ4v) is 1.74. The first kappa shape index (κ1) is 12.4. The summed E-state index contributed by atoms with van der Waals surface area (Å²) in [5.41, 5.74) is 0.498. The second kappa shape index (κ2) is 5.53. The van der Waals surface area contributed by atoms with E-state index in [9.17, 15) is 9.59 Å². The Bertz CT molecular complexity index is 441. The van der Waals surface area contributed by atoms with Crippen molar-refractivity contribution in [2.45, 2.75) is 19.4 Å². The SMILES string of the molecule is CCOc1ccc(C(=O)N[C@@H]2CCOC2=O)cc1. The predicted octanol–water partition coefficient (Wildman–Crippen LogP) is 1.13. The van der Waals surface area contributed by atoms with Crippen LogP contribution in [0.15, 0.2) is 24.3 Å². The summed E-state index contributed by atoms with van der Waals surface area (Å²) in [5, 5.41) is 2.64. The van der Waals surface area contributed by atoms with Gasteiger partial charge in [-0.25, -0.2) is 4.79 Å². The van der Waals surface area contributed by atoms with E-state index in [4.69, 9.17) is 9.47 Å². The van der Waals surface area contributed by atoms with Crippen LogP contribution in [0, 0.1) is 0 Å². The van der Waals surface area contributed by atoms with Gasteiger partial charge >= 0.3 is 5.97 Å². The molecule has 0 bridgehead atoms. The van der Waals surface area contributed by atoms with Crippen LogP contribution in [0.3, 0.4) is 0 Å². The Hall–Kier alpha value is -2.04. The first-order valence-electron chi connectivity index (χ1n) is 5.91. The second-order valence-electron chi connectivity index (χ2n) is 3.94. The molecule has 1 atom stereocenters. The molecule has 1 fully saturated rings. The molecular formula is C13H15NO4. The van der Waals surface area contributed by atoms with Gasteiger partial charge in [0, 0.05) is 12.0 Å². The van der Waals surface area contributed by atoms with Crippen molar-refractivity contribution < 1.29 is 19.1 Å². The summed E-state index contributed by atoms with van der Waals surface area (Å²) in [4.78, 5) is 23.1. The summed E-state index contributed by atoms with van der Waals surface area (Å²) in [7, 11) is 0. The maximum atomic E-state index is 11.9. The molecule has 1 N–H and O–H groups in total. The summed E-state index contributed by atoms with van der Waals surface area (Å²) >= 11 is 0. The average Bonchev–Trinajstić information content (AvgIpc) is 2.76. The molecule has 18 heavy (non-hydrogen) atoms. The lowest BCUT2D eigenvalue weighted by molar-refractivity contribution is -0.139. The lowest BCUT2D eigenvalue weighted by atomic mass is 10.1. The van der Waals surface area contributed by atoms with Gasteiger partial charge in [-0.15, -0.1) is 0 Å². The molecule has 1 aliphatic rings. The normalized spacial score (nSPS) is 18.3. The number of esters is 1. The van der Waals surface area contributed by atoms with Gasteiger partial charge < -0.3 is 14.8 Å². The molecule has 0 saturated carbocycles. The minimum atomic E-state index is -0.524. The molecule has 1 aromatic carbocycles. The lowest BCUT2D eigenvalue weighted by Crippen LogP contribution is -2.37. The maximum absolute atomic E-state index is 11.9. The van der Waals surface area contributed by atoms with Crippen LogP contribution < -0.4 is 10.1 Å². The molecule has 5 nitrogen and oxygen atoms in total. The highest BCUT2D eigenvalue weighted by Crippen LogP contribution is 2.13. The minimum Gasteiger partial charge on any atom is -0.494 e. The number of cyclic esters (lactones) is 1. The number of hydrogen-bond acceptors (Lipinski definition) is 4. The number of hydrogen-bond donors (Lipinski definition) is 1. The van der Waals surface area contributed by atoms with Gasteiger partial charge in [-0.2, -0.15) is 0 Å². The molecule has 1 saturated heterocycles. The number of benzene rings is 1. The van der Waals surface area contributed by atoms with E-state index in [1.165, 1.54) is 0 Å². The van der Waals surface area contributed by atoms with Crippen LogP contribution in [0.4, 0.5) is 0 Å². The van der Waals surface area contributed by atoms with E-state index in [-0.39, 0.29) is 11.9 Å². The summed E-state index contributed by atoms with van der Waals surface area (Å²) in [6, 6.07) is 6.27. The quantitative estimate of drug-likeness (QED) is 0.812. The molecule has 5 heteroatoms. The summed E-state index contributed by atoms with van der Waals surface area (Å²) < 4.78 is 10.1. The van der Waals surface area contributed by atoms with Gasteiger partial charge in [-0.1, -0.05) is 0 Å². The summed E-state index contributed by atoms with van der Waals surface area (Å²) in [6.45, 7) is 2.85. The smallest absolute Gasteiger partial charge is 0.328 e. The van der Waals surface area contributed by atoms with E-state index in [1.54, 1.807) is 24.3 Å². The fraction of sp³-hybridized carbons (Fsp3) is 0.385. The molecule has 96 valence electrons. The average molecular weight is 249 g/mol. The summed E-state index contributed by atoms with van der Waals surface area (Å²) in [6.07, 6.45) is 0.529. The van der Waals surface area contributed by atoms with E-state index in [0.29, 0.717) is 30.9 Å². The van der Waals surface area contributed by atoms with Crippen molar-refractivity contribution in [1.82, 2.24) is 5.32 Å². The topological polar surface area (TPSA) is 64.6 Å². The van der Waals surface area contributed by atoms with Gasteiger partial charge in [0.05, 0.1) is 13.2 Å². The van der Waals surface area contributed by atoms with Crippen molar-refractivity contribution in [3.8, 4) is 5.75 Å². The highest BCUT2D eigenvalue weighted by Gasteiger charge is 2.28. The number of ether oxygens (including phenoxy) is 2. The van der Waals surface area contributed by atoms with Crippen molar-refractivity contribution in [1.29, 1.82) is 0 Å². The highest BCUT2D eigenvalue weighted by atomic mass is 16.5. The number of carbonyl (C=O) groups is 2. The monoisotopic (exact) mass is 249 g/mol. The molecule has 1 aliphatic heterocycles. The first-order chi connectivity index (χ1) is 8.70. The van der Waals surface area contributed by atoms with Crippen LogP contribution >= 0.6 is 0 Å². The lowest BCUT2D eigenvalue weighted by Gasteiger charge is -2.09.